The number of anilines is 2. The summed E-state index contributed by atoms with van der Waals surface area (Å²) in [6.45, 7) is 2.09. The van der Waals surface area contributed by atoms with E-state index in [1.807, 2.05) is 19.2 Å². The zero-order chi connectivity index (χ0) is 13.4. The van der Waals surface area contributed by atoms with Crippen molar-refractivity contribution in [2.24, 2.45) is 0 Å². The molecule has 1 fully saturated rings. The first-order valence-electron chi connectivity index (χ1n) is 6.46. The molecule has 0 unspecified atom stereocenters. The van der Waals surface area contributed by atoms with Gasteiger partial charge < -0.3 is 4.90 Å². The van der Waals surface area contributed by atoms with Crippen molar-refractivity contribution >= 4 is 28.4 Å². The van der Waals surface area contributed by atoms with Gasteiger partial charge in [0.25, 0.3) is 0 Å². The minimum absolute atomic E-state index is 0.510. The summed E-state index contributed by atoms with van der Waals surface area (Å²) in [6, 6.07) is 8.21. The molecule has 0 saturated heterocycles. The first kappa shape index (κ1) is 12.4. The smallest absolute Gasteiger partial charge is 0.190 e. The van der Waals surface area contributed by atoms with Crippen LogP contribution in [0.4, 0.5) is 10.8 Å². The Balaban J connectivity index is 1.98. The number of nitrogens with zero attached hydrogens (tertiary/aromatic N) is 2. The fourth-order valence-corrected chi connectivity index (χ4v) is 3.19. The molecule has 0 aliphatic heterocycles. The van der Waals surface area contributed by atoms with Crippen LogP contribution in [0.5, 0.6) is 0 Å². The number of hydrogen-bond donors (Lipinski definition) is 0. The van der Waals surface area contributed by atoms with Gasteiger partial charge in [-0.05, 0) is 31.4 Å². The first-order valence-corrected chi connectivity index (χ1v) is 7.27. The average molecular weight is 272 g/mol. The number of thiazole rings is 1. The average Bonchev–Trinajstić information content (AvgIpc) is 3.18. The second-order valence-electron chi connectivity index (χ2n) is 4.98. The van der Waals surface area contributed by atoms with Gasteiger partial charge >= 0.3 is 0 Å². The van der Waals surface area contributed by atoms with E-state index in [4.69, 9.17) is 0 Å². The molecule has 3 nitrogen and oxygen atoms in total. The number of aldehydes is 1. The Hall–Kier alpha value is -1.68. The molecule has 19 heavy (non-hydrogen) atoms. The molecule has 1 saturated carbocycles. The lowest BCUT2D eigenvalue weighted by Gasteiger charge is -2.18. The third kappa shape index (κ3) is 2.28. The van der Waals surface area contributed by atoms with E-state index in [0.29, 0.717) is 5.92 Å². The van der Waals surface area contributed by atoms with Crippen molar-refractivity contribution in [2.75, 3.05) is 11.9 Å². The summed E-state index contributed by atoms with van der Waals surface area (Å²) in [5.74, 6) is 0.510. The van der Waals surface area contributed by atoms with Crippen molar-refractivity contribution in [1.29, 1.82) is 0 Å². The summed E-state index contributed by atoms with van der Waals surface area (Å²) < 4.78 is 0. The van der Waals surface area contributed by atoms with Crippen molar-refractivity contribution in [2.45, 2.75) is 25.7 Å². The Morgan fingerprint density at radius 2 is 2.11 bits per heavy atom. The molecule has 2 aromatic rings. The monoisotopic (exact) mass is 272 g/mol. The molecule has 1 aromatic heterocycles. The number of para-hydroxylation sites is 1. The number of hydrogen-bond acceptors (Lipinski definition) is 4. The molecule has 0 spiro atoms. The fourth-order valence-electron chi connectivity index (χ4n) is 2.25. The molecule has 1 heterocycles. The van der Waals surface area contributed by atoms with Crippen LogP contribution in [0.3, 0.4) is 0 Å². The SMILES string of the molecule is Cc1ccccc1N(C)c1nc(C2CC2)c(C=O)s1. The van der Waals surface area contributed by atoms with E-state index in [-0.39, 0.29) is 0 Å². The van der Waals surface area contributed by atoms with Gasteiger partial charge in [-0.1, -0.05) is 29.5 Å². The van der Waals surface area contributed by atoms with Crippen LogP contribution in [0.1, 0.15) is 39.7 Å². The maximum Gasteiger partial charge on any atom is 0.190 e. The molecule has 1 aromatic carbocycles. The third-order valence-electron chi connectivity index (χ3n) is 3.50. The standard InChI is InChI=1S/C15H16N2OS/c1-10-5-3-4-6-12(10)17(2)15-16-14(11-7-8-11)13(9-18)19-15/h3-6,9,11H,7-8H2,1-2H3. The van der Waals surface area contributed by atoms with Crippen LogP contribution < -0.4 is 4.90 Å². The van der Waals surface area contributed by atoms with Gasteiger partial charge in [-0.15, -0.1) is 0 Å². The highest BCUT2D eigenvalue weighted by Gasteiger charge is 2.30. The molecular formula is C15H16N2OS. The quantitative estimate of drug-likeness (QED) is 0.791. The highest BCUT2D eigenvalue weighted by molar-refractivity contribution is 7.17. The summed E-state index contributed by atoms with van der Waals surface area (Å²) in [4.78, 5) is 18.7. The van der Waals surface area contributed by atoms with Crippen molar-refractivity contribution in [3.63, 3.8) is 0 Å². The number of rotatable bonds is 4. The fraction of sp³-hybridized carbons (Fsp3) is 0.333. The highest BCUT2D eigenvalue weighted by atomic mass is 32.1. The van der Waals surface area contributed by atoms with Gasteiger partial charge in [0.1, 0.15) is 0 Å². The molecule has 0 bridgehead atoms. The first-order chi connectivity index (χ1) is 9.20. The Morgan fingerprint density at radius 1 is 1.37 bits per heavy atom. The number of carbonyl (C=O) groups excluding carboxylic acids is 1. The van der Waals surface area contributed by atoms with Crippen LogP contribution in [0.2, 0.25) is 0 Å². The summed E-state index contributed by atoms with van der Waals surface area (Å²) in [5, 5.41) is 0.901. The van der Waals surface area contributed by atoms with E-state index in [9.17, 15) is 4.79 Å². The molecule has 98 valence electrons. The predicted molar refractivity (Wildman–Crippen MR) is 78.7 cm³/mol. The van der Waals surface area contributed by atoms with Gasteiger partial charge in [0.2, 0.25) is 0 Å². The largest absolute Gasteiger partial charge is 0.321 e. The molecule has 1 aliphatic rings. The second kappa shape index (κ2) is 4.78. The van der Waals surface area contributed by atoms with Crippen molar-refractivity contribution in [1.82, 2.24) is 4.98 Å². The maximum atomic E-state index is 11.2. The molecule has 4 heteroatoms. The van der Waals surface area contributed by atoms with E-state index >= 15 is 0 Å². The van der Waals surface area contributed by atoms with E-state index in [0.717, 1.165) is 40.5 Å². The highest BCUT2D eigenvalue weighted by Crippen LogP contribution is 2.44. The minimum atomic E-state index is 0.510. The van der Waals surface area contributed by atoms with Crippen LogP contribution >= 0.6 is 11.3 Å². The van der Waals surface area contributed by atoms with E-state index < -0.39 is 0 Å². The topological polar surface area (TPSA) is 33.2 Å². The van der Waals surface area contributed by atoms with Gasteiger partial charge in [-0.25, -0.2) is 4.98 Å². The van der Waals surface area contributed by atoms with Crippen LogP contribution in [0.15, 0.2) is 24.3 Å². The molecule has 1 aliphatic carbocycles. The normalized spacial score (nSPS) is 14.4. The second-order valence-corrected chi connectivity index (χ2v) is 5.99. The lowest BCUT2D eigenvalue weighted by atomic mass is 10.2. The Bertz CT molecular complexity index is 616. The minimum Gasteiger partial charge on any atom is -0.321 e. The molecule has 0 N–H and O–H groups in total. The van der Waals surface area contributed by atoms with Gasteiger partial charge in [-0.2, -0.15) is 0 Å². The number of aryl methyl sites for hydroxylation is 1. The van der Waals surface area contributed by atoms with Crippen molar-refractivity contribution in [3.05, 3.63) is 40.4 Å². The van der Waals surface area contributed by atoms with E-state index in [2.05, 4.69) is 28.9 Å². The molecule has 0 radical (unpaired) electrons. The van der Waals surface area contributed by atoms with Crippen LogP contribution in [0.25, 0.3) is 0 Å². The molecular weight excluding hydrogens is 256 g/mol. The van der Waals surface area contributed by atoms with Crippen molar-refractivity contribution in [3.8, 4) is 0 Å². The Morgan fingerprint density at radius 3 is 2.74 bits per heavy atom. The van der Waals surface area contributed by atoms with E-state index in [1.54, 1.807) is 0 Å². The number of aromatic nitrogens is 1. The number of benzene rings is 1. The van der Waals surface area contributed by atoms with Crippen LogP contribution in [0, 0.1) is 6.92 Å². The van der Waals surface area contributed by atoms with Crippen LogP contribution in [-0.2, 0) is 0 Å². The van der Waals surface area contributed by atoms with Gasteiger partial charge in [0.05, 0.1) is 10.6 Å². The third-order valence-corrected chi connectivity index (χ3v) is 4.58. The lowest BCUT2D eigenvalue weighted by Crippen LogP contribution is -2.10. The zero-order valence-electron chi connectivity index (χ0n) is 11.1. The van der Waals surface area contributed by atoms with Gasteiger partial charge in [0, 0.05) is 18.7 Å². The summed E-state index contributed by atoms with van der Waals surface area (Å²) in [5.41, 5.74) is 3.34. The van der Waals surface area contributed by atoms with Gasteiger partial charge in [0.15, 0.2) is 11.4 Å². The van der Waals surface area contributed by atoms with E-state index in [1.165, 1.54) is 16.9 Å². The summed E-state index contributed by atoms with van der Waals surface area (Å²) in [6.07, 6.45) is 3.27. The molecule has 0 atom stereocenters. The predicted octanol–water partition coefficient (Wildman–Crippen LogP) is 3.91. The van der Waals surface area contributed by atoms with Crippen LogP contribution in [-0.4, -0.2) is 18.3 Å². The maximum absolute atomic E-state index is 11.2. The Kier molecular flexibility index (Phi) is 3.11. The lowest BCUT2D eigenvalue weighted by molar-refractivity contribution is 0.112. The number of carbonyl (C=O) groups is 1. The molecule has 0 amide bonds. The summed E-state index contributed by atoms with van der Waals surface area (Å²) >= 11 is 1.49. The van der Waals surface area contributed by atoms with Crippen molar-refractivity contribution < 1.29 is 4.79 Å². The summed E-state index contributed by atoms with van der Waals surface area (Å²) in [7, 11) is 2.01. The molecule has 3 rings (SSSR count). The zero-order valence-corrected chi connectivity index (χ0v) is 11.9. The van der Waals surface area contributed by atoms with Gasteiger partial charge in [-0.3, -0.25) is 4.79 Å². The Labute approximate surface area is 116 Å².